The Balaban J connectivity index is 1.82. The third-order valence-electron chi connectivity index (χ3n) is 3.99. The van der Waals surface area contributed by atoms with E-state index in [2.05, 4.69) is 4.99 Å². The molecule has 0 spiro atoms. The molecule has 4 nitrogen and oxygen atoms in total. The zero-order valence-corrected chi connectivity index (χ0v) is 16.1. The van der Waals surface area contributed by atoms with Crippen molar-refractivity contribution < 1.29 is 13.9 Å². The Kier molecular flexibility index (Phi) is 6.29. The van der Waals surface area contributed by atoms with Crippen LogP contribution in [0.25, 0.3) is 6.08 Å². The van der Waals surface area contributed by atoms with Crippen molar-refractivity contribution in [2.45, 2.75) is 20.5 Å². The van der Waals surface area contributed by atoms with Crippen LogP contribution in [0.4, 0.5) is 4.39 Å². The summed E-state index contributed by atoms with van der Waals surface area (Å²) in [7, 11) is 0. The number of likely N-dealkylation sites (N-methyl/N-ethyl adjacent to an activating group) is 1. The van der Waals surface area contributed by atoms with Gasteiger partial charge in [0.15, 0.2) is 5.17 Å². The van der Waals surface area contributed by atoms with Crippen LogP contribution in [0.1, 0.15) is 25.0 Å². The second-order valence-corrected chi connectivity index (χ2v) is 6.88. The predicted octanol–water partition coefficient (Wildman–Crippen LogP) is 4.72. The molecule has 0 aliphatic carbocycles. The zero-order valence-electron chi connectivity index (χ0n) is 15.3. The number of amides is 1. The summed E-state index contributed by atoms with van der Waals surface area (Å²) in [5.74, 6) is 0.308. The fourth-order valence-electron chi connectivity index (χ4n) is 2.70. The summed E-state index contributed by atoms with van der Waals surface area (Å²) >= 11 is 1.38. The molecule has 1 heterocycles. The molecule has 1 amide bonds. The number of benzene rings is 2. The maximum Gasteiger partial charge on any atom is 0.266 e. The lowest BCUT2D eigenvalue weighted by Crippen LogP contribution is -2.28. The number of hydrogen-bond acceptors (Lipinski definition) is 4. The summed E-state index contributed by atoms with van der Waals surface area (Å²) in [6.45, 7) is 5.35. The molecule has 0 unspecified atom stereocenters. The van der Waals surface area contributed by atoms with Crippen molar-refractivity contribution in [3.8, 4) is 5.75 Å². The largest absolute Gasteiger partial charge is 0.488 e. The van der Waals surface area contributed by atoms with E-state index in [9.17, 15) is 9.18 Å². The highest BCUT2D eigenvalue weighted by Gasteiger charge is 2.31. The van der Waals surface area contributed by atoms with E-state index in [-0.39, 0.29) is 18.3 Å². The number of carbonyl (C=O) groups excluding carboxylic acids is 1. The van der Waals surface area contributed by atoms with E-state index in [1.165, 1.54) is 23.9 Å². The molecule has 3 rings (SSSR count). The van der Waals surface area contributed by atoms with E-state index in [0.717, 1.165) is 16.3 Å². The number of amidine groups is 1. The molecule has 27 heavy (non-hydrogen) atoms. The van der Waals surface area contributed by atoms with Gasteiger partial charge in [-0.1, -0.05) is 30.3 Å². The van der Waals surface area contributed by atoms with Crippen LogP contribution < -0.4 is 4.74 Å². The molecule has 2 aromatic rings. The molecule has 1 aliphatic heterocycles. The quantitative estimate of drug-likeness (QED) is 0.677. The van der Waals surface area contributed by atoms with E-state index >= 15 is 0 Å². The lowest BCUT2D eigenvalue weighted by atomic mass is 10.1. The van der Waals surface area contributed by atoms with Gasteiger partial charge in [-0.2, -0.15) is 0 Å². The van der Waals surface area contributed by atoms with Crippen LogP contribution in [0.15, 0.2) is 58.4 Å². The number of halogens is 1. The SMILES string of the molecule is CCN=C1SC(=Cc2ccccc2OCc2cccc(F)c2)C(=O)N1CC. The molecule has 0 radical (unpaired) electrons. The predicted molar refractivity (Wildman–Crippen MR) is 108 cm³/mol. The molecule has 0 bridgehead atoms. The first-order valence-corrected chi connectivity index (χ1v) is 9.66. The minimum absolute atomic E-state index is 0.0466. The molecule has 1 fully saturated rings. The van der Waals surface area contributed by atoms with Crippen LogP contribution in [0.3, 0.4) is 0 Å². The molecule has 1 saturated heterocycles. The summed E-state index contributed by atoms with van der Waals surface area (Å²) in [5, 5.41) is 0.731. The highest BCUT2D eigenvalue weighted by molar-refractivity contribution is 8.18. The van der Waals surface area contributed by atoms with Crippen LogP contribution >= 0.6 is 11.8 Å². The van der Waals surface area contributed by atoms with Crippen LogP contribution in [-0.4, -0.2) is 29.1 Å². The third-order valence-corrected chi connectivity index (χ3v) is 5.03. The number of hydrogen-bond donors (Lipinski definition) is 0. The number of carbonyl (C=O) groups is 1. The van der Waals surface area contributed by atoms with Crippen molar-refractivity contribution in [3.63, 3.8) is 0 Å². The molecular formula is C21H21FN2O2S. The van der Waals surface area contributed by atoms with Crippen molar-refractivity contribution in [2.75, 3.05) is 13.1 Å². The van der Waals surface area contributed by atoms with Crippen molar-refractivity contribution in [1.29, 1.82) is 0 Å². The number of ether oxygens (including phenoxy) is 1. The molecule has 0 N–H and O–H groups in total. The van der Waals surface area contributed by atoms with E-state index in [1.54, 1.807) is 11.0 Å². The van der Waals surface area contributed by atoms with Crippen LogP contribution in [0.5, 0.6) is 5.75 Å². The minimum Gasteiger partial charge on any atom is -0.488 e. The van der Waals surface area contributed by atoms with Gasteiger partial charge >= 0.3 is 0 Å². The standard InChI is InChI=1S/C21H21FN2O2S/c1-3-23-21-24(4-2)20(25)19(27-21)13-16-9-5-6-11-18(16)26-14-15-8-7-10-17(22)12-15/h5-13H,3-4,14H2,1-2H3. The Morgan fingerprint density at radius 3 is 2.74 bits per heavy atom. The highest BCUT2D eigenvalue weighted by atomic mass is 32.2. The molecule has 0 saturated carbocycles. The number of rotatable bonds is 6. The maximum atomic E-state index is 13.3. The first-order valence-electron chi connectivity index (χ1n) is 8.84. The Morgan fingerprint density at radius 2 is 2.00 bits per heavy atom. The van der Waals surface area contributed by atoms with Gasteiger partial charge in [0.2, 0.25) is 0 Å². The van der Waals surface area contributed by atoms with Crippen molar-refractivity contribution >= 4 is 28.9 Å². The number of thioether (sulfide) groups is 1. The van der Waals surface area contributed by atoms with Crippen LogP contribution in [-0.2, 0) is 11.4 Å². The van der Waals surface area contributed by atoms with Crippen molar-refractivity contribution in [2.24, 2.45) is 4.99 Å². The normalized spacial score (nSPS) is 17.1. The first-order chi connectivity index (χ1) is 13.1. The number of para-hydroxylation sites is 1. The van der Waals surface area contributed by atoms with Gasteiger partial charge in [0.1, 0.15) is 18.2 Å². The Bertz CT molecular complexity index is 895. The van der Waals surface area contributed by atoms with Gasteiger partial charge in [-0.3, -0.25) is 14.7 Å². The maximum absolute atomic E-state index is 13.3. The Hall–Kier alpha value is -2.60. The smallest absolute Gasteiger partial charge is 0.266 e. The fraction of sp³-hybridized carbons (Fsp3) is 0.238. The summed E-state index contributed by atoms with van der Waals surface area (Å²) < 4.78 is 19.2. The van der Waals surface area contributed by atoms with Gasteiger partial charge in [-0.25, -0.2) is 4.39 Å². The molecule has 140 valence electrons. The molecule has 6 heteroatoms. The van der Waals surface area contributed by atoms with Crippen molar-refractivity contribution in [3.05, 3.63) is 70.4 Å². The average molecular weight is 384 g/mol. The molecule has 0 aromatic heterocycles. The highest BCUT2D eigenvalue weighted by Crippen LogP contribution is 2.34. The van der Waals surface area contributed by atoms with Gasteiger partial charge in [-0.05, 0) is 55.4 Å². The van der Waals surface area contributed by atoms with Crippen LogP contribution in [0, 0.1) is 5.82 Å². The number of nitrogens with zero attached hydrogens (tertiary/aromatic N) is 2. The van der Waals surface area contributed by atoms with Crippen molar-refractivity contribution in [1.82, 2.24) is 4.90 Å². The van der Waals surface area contributed by atoms with Gasteiger partial charge < -0.3 is 4.74 Å². The van der Waals surface area contributed by atoms with E-state index in [1.807, 2.05) is 50.3 Å². The summed E-state index contributed by atoms with van der Waals surface area (Å²) in [6.07, 6.45) is 1.83. The lowest BCUT2D eigenvalue weighted by Gasteiger charge is -2.11. The molecule has 0 atom stereocenters. The van der Waals surface area contributed by atoms with E-state index < -0.39 is 0 Å². The van der Waals surface area contributed by atoms with E-state index in [0.29, 0.717) is 23.7 Å². The average Bonchev–Trinajstić information content (AvgIpc) is 2.96. The minimum atomic E-state index is -0.290. The monoisotopic (exact) mass is 384 g/mol. The fourth-order valence-corrected chi connectivity index (χ4v) is 3.80. The molecular weight excluding hydrogens is 363 g/mol. The Labute approximate surface area is 162 Å². The van der Waals surface area contributed by atoms with Gasteiger partial charge in [-0.15, -0.1) is 0 Å². The summed E-state index contributed by atoms with van der Waals surface area (Å²) in [4.78, 5) is 19.3. The second-order valence-electron chi connectivity index (χ2n) is 5.87. The van der Waals surface area contributed by atoms with Crippen LogP contribution in [0.2, 0.25) is 0 Å². The third kappa shape index (κ3) is 4.57. The second kappa shape index (κ2) is 8.86. The summed E-state index contributed by atoms with van der Waals surface area (Å²) in [5.41, 5.74) is 1.55. The molecule has 2 aromatic carbocycles. The molecule has 1 aliphatic rings. The van der Waals surface area contributed by atoms with Gasteiger partial charge in [0.05, 0.1) is 4.91 Å². The topological polar surface area (TPSA) is 41.9 Å². The lowest BCUT2D eigenvalue weighted by molar-refractivity contribution is -0.122. The Morgan fingerprint density at radius 1 is 1.19 bits per heavy atom. The van der Waals surface area contributed by atoms with E-state index in [4.69, 9.17) is 4.74 Å². The van der Waals surface area contributed by atoms with Gasteiger partial charge in [0.25, 0.3) is 5.91 Å². The zero-order chi connectivity index (χ0) is 19.2. The van der Waals surface area contributed by atoms with Gasteiger partial charge in [0, 0.05) is 18.7 Å². The first kappa shape index (κ1) is 19.2. The number of aliphatic imine (C=N–C) groups is 1. The summed E-state index contributed by atoms with van der Waals surface area (Å²) in [6, 6.07) is 13.8.